The van der Waals surface area contributed by atoms with E-state index in [1.807, 2.05) is 0 Å². The Morgan fingerprint density at radius 1 is 1.20 bits per heavy atom. The summed E-state index contributed by atoms with van der Waals surface area (Å²) in [5, 5.41) is 2.58. The molecule has 92 valence electrons. The van der Waals surface area contributed by atoms with Crippen molar-refractivity contribution in [3.8, 4) is 0 Å². The lowest BCUT2D eigenvalue weighted by Crippen LogP contribution is -2.33. The lowest BCUT2D eigenvalue weighted by Gasteiger charge is -2.08. The van der Waals surface area contributed by atoms with E-state index < -0.39 is 23.0 Å². The summed E-state index contributed by atoms with van der Waals surface area (Å²) in [7, 11) is -3.24. The lowest BCUT2D eigenvalue weighted by molar-refractivity contribution is -0.323. The summed E-state index contributed by atoms with van der Waals surface area (Å²) in [6.07, 6.45) is -3.62. The van der Waals surface area contributed by atoms with Gasteiger partial charge in [0.05, 0.1) is 12.9 Å². The molecule has 0 bridgehead atoms. The minimum atomic E-state index is -4.62. The van der Waals surface area contributed by atoms with Gasteiger partial charge in [-0.3, -0.25) is 4.74 Å². The second-order valence-electron chi connectivity index (χ2n) is 2.71. The highest BCUT2D eigenvalue weighted by molar-refractivity contribution is 7.88. The van der Waals surface area contributed by atoms with Crippen molar-refractivity contribution in [1.82, 2.24) is 10.0 Å². The number of hydrogen-bond donors (Lipinski definition) is 2. The van der Waals surface area contributed by atoms with Crippen LogP contribution in [-0.4, -0.2) is 47.3 Å². The fourth-order valence-corrected chi connectivity index (χ4v) is 1.16. The molecule has 0 aliphatic carbocycles. The third-order valence-corrected chi connectivity index (χ3v) is 1.94. The SMILES string of the molecule is CS(=O)(=O)NCCNCCOC(F)(F)F. The van der Waals surface area contributed by atoms with E-state index in [4.69, 9.17) is 0 Å². The van der Waals surface area contributed by atoms with Crippen LogP contribution >= 0.6 is 0 Å². The first-order valence-electron chi connectivity index (χ1n) is 4.07. The van der Waals surface area contributed by atoms with Gasteiger partial charge in [0.15, 0.2) is 0 Å². The monoisotopic (exact) mass is 250 g/mol. The Kier molecular flexibility index (Phi) is 6.10. The molecular formula is C6H13F3N2O3S. The van der Waals surface area contributed by atoms with E-state index in [0.717, 1.165) is 6.26 Å². The van der Waals surface area contributed by atoms with E-state index in [9.17, 15) is 21.6 Å². The molecular weight excluding hydrogens is 237 g/mol. The molecule has 0 aromatic heterocycles. The number of alkyl halides is 3. The molecule has 0 aromatic carbocycles. The summed E-state index contributed by atoms with van der Waals surface area (Å²) in [6.45, 7) is -0.119. The molecule has 0 unspecified atom stereocenters. The maximum absolute atomic E-state index is 11.4. The van der Waals surface area contributed by atoms with Crippen molar-refractivity contribution in [2.45, 2.75) is 6.36 Å². The van der Waals surface area contributed by atoms with Gasteiger partial charge in [-0.15, -0.1) is 13.2 Å². The summed E-state index contributed by atoms with van der Waals surface area (Å²) in [5.41, 5.74) is 0. The van der Waals surface area contributed by atoms with Gasteiger partial charge in [-0.1, -0.05) is 0 Å². The molecule has 15 heavy (non-hydrogen) atoms. The van der Waals surface area contributed by atoms with Crippen molar-refractivity contribution in [2.24, 2.45) is 0 Å². The van der Waals surface area contributed by atoms with Crippen LogP contribution in [0.5, 0.6) is 0 Å². The number of ether oxygens (including phenoxy) is 1. The van der Waals surface area contributed by atoms with Gasteiger partial charge in [-0.05, 0) is 0 Å². The largest absolute Gasteiger partial charge is 0.522 e. The van der Waals surface area contributed by atoms with Crippen LogP contribution in [0, 0.1) is 0 Å². The van der Waals surface area contributed by atoms with Crippen molar-refractivity contribution < 1.29 is 26.3 Å². The summed E-state index contributed by atoms with van der Waals surface area (Å²) >= 11 is 0. The smallest absolute Gasteiger partial charge is 0.313 e. The second-order valence-corrected chi connectivity index (χ2v) is 4.54. The second kappa shape index (κ2) is 6.26. The Labute approximate surface area is 86.0 Å². The maximum atomic E-state index is 11.4. The van der Waals surface area contributed by atoms with Crippen LogP contribution < -0.4 is 10.0 Å². The van der Waals surface area contributed by atoms with Crippen LogP contribution in [0.1, 0.15) is 0 Å². The standard InChI is InChI=1S/C6H13F3N2O3S/c1-15(12,13)11-3-2-10-4-5-14-6(7,8)9/h10-11H,2-5H2,1H3. The van der Waals surface area contributed by atoms with E-state index in [0.29, 0.717) is 0 Å². The molecule has 0 aliphatic heterocycles. The van der Waals surface area contributed by atoms with Crippen LogP contribution in [0.2, 0.25) is 0 Å². The number of hydrogen-bond acceptors (Lipinski definition) is 4. The van der Waals surface area contributed by atoms with E-state index >= 15 is 0 Å². The summed E-state index contributed by atoms with van der Waals surface area (Å²) in [4.78, 5) is 0. The molecule has 0 aromatic rings. The fraction of sp³-hybridized carbons (Fsp3) is 1.00. The van der Waals surface area contributed by atoms with Gasteiger partial charge < -0.3 is 5.32 Å². The van der Waals surface area contributed by atoms with Gasteiger partial charge in [0, 0.05) is 19.6 Å². The number of rotatable bonds is 7. The molecule has 0 atom stereocenters. The quantitative estimate of drug-likeness (QED) is 0.607. The highest BCUT2D eigenvalue weighted by Crippen LogP contribution is 2.14. The van der Waals surface area contributed by atoms with Gasteiger partial charge in [0.2, 0.25) is 10.0 Å². The normalized spacial score (nSPS) is 13.1. The first kappa shape index (κ1) is 14.6. The van der Waals surface area contributed by atoms with Gasteiger partial charge in [-0.2, -0.15) is 0 Å². The zero-order valence-electron chi connectivity index (χ0n) is 8.10. The highest BCUT2D eigenvalue weighted by Gasteiger charge is 2.28. The Morgan fingerprint density at radius 2 is 1.80 bits per heavy atom. The summed E-state index contributed by atoms with van der Waals surface area (Å²) < 4.78 is 61.1. The van der Waals surface area contributed by atoms with E-state index in [1.54, 1.807) is 0 Å². The Bertz CT molecular complexity index is 265. The number of nitrogens with one attached hydrogen (secondary N) is 2. The van der Waals surface area contributed by atoms with Crippen molar-refractivity contribution in [3.05, 3.63) is 0 Å². The fourth-order valence-electron chi connectivity index (χ4n) is 0.689. The minimum Gasteiger partial charge on any atom is -0.313 e. The van der Waals surface area contributed by atoms with Crippen molar-refractivity contribution >= 4 is 10.0 Å². The van der Waals surface area contributed by atoms with Crippen molar-refractivity contribution in [2.75, 3.05) is 32.5 Å². The van der Waals surface area contributed by atoms with Gasteiger partial charge >= 0.3 is 6.36 Å². The molecule has 0 heterocycles. The molecule has 9 heteroatoms. The summed E-state index contributed by atoms with van der Waals surface area (Å²) in [5.74, 6) is 0. The first-order valence-corrected chi connectivity index (χ1v) is 5.96. The average molecular weight is 250 g/mol. The number of halogens is 3. The first-order chi connectivity index (χ1) is 6.71. The molecule has 0 aliphatic rings. The van der Waals surface area contributed by atoms with E-state index in [1.165, 1.54) is 0 Å². The lowest BCUT2D eigenvalue weighted by atomic mass is 10.6. The van der Waals surface area contributed by atoms with Gasteiger partial charge in [-0.25, -0.2) is 13.1 Å². The van der Waals surface area contributed by atoms with E-state index in [-0.39, 0.29) is 19.6 Å². The zero-order valence-corrected chi connectivity index (χ0v) is 8.91. The summed E-state index contributed by atoms with van der Waals surface area (Å²) in [6, 6.07) is 0. The topological polar surface area (TPSA) is 67.4 Å². The van der Waals surface area contributed by atoms with Crippen LogP contribution in [0.15, 0.2) is 0 Å². The molecule has 5 nitrogen and oxygen atoms in total. The predicted octanol–water partition coefficient (Wildman–Crippen LogP) is -0.338. The maximum Gasteiger partial charge on any atom is 0.522 e. The van der Waals surface area contributed by atoms with Gasteiger partial charge in [0.1, 0.15) is 0 Å². The average Bonchev–Trinajstić information content (AvgIpc) is 1.98. The molecule has 0 saturated heterocycles. The Hall–Kier alpha value is -0.380. The zero-order chi connectivity index (χ0) is 11.9. The third-order valence-electron chi connectivity index (χ3n) is 1.21. The van der Waals surface area contributed by atoms with Crippen molar-refractivity contribution in [1.29, 1.82) is 0 Å². The van der Waals surface area contributed by atoms with Crippen molar-refractivity contribution in [3.63, 3.8) is 0 Å². The predicted molar refractivity (Wildman–Crippen MR) is 47.7 cm³/mol. The highest BCUT2D eigenvalue weighted by atomic mass is 32.2. The molecule has 0 saturated carbocycles. The molecule has 0 spiro atoms. The number of sulfonamides is 1. The minimum absolute atomic E-state index is 0.00491. The van der Waals surface area contributed by atoms with Crippen LogP contribution in [-0.2, 0) is 14.8 Å². The molecule has 0 fully saturated rings. The Balaban J connectivity index is 3.27. The van der Waals surface area contributed by atoms with Crippen LogP contribution in [0.4, 0.5) is 13.2 Å². The van der Waals surface area contributed by atoms with E-state index in [2.05, 4.69) is 14.8 Å². The molecule has 0 radical (unpaired) electrons. The molecule has 2 N–H and O–H groups in total. The van der Waals surface area contributed by atoms with Crippen LogP contribution in [0.3, 0.4) is 0 Å². The van der Waals surface area contributed by atoms with Gasteiger partial charge in [0.25, 0.3) is 0 Å². The Morgan fingerprint density at radius 3 is 2.27 bits per heavy atom. The molecule has 0 amide bonds. The third kappa shape index (κ3) is 13.6. The van der Waals surface area contributed by atoms with Crippen LogP contribution in [0.25, 0.3) is 0 Å². The molecule has 0 rings (SSSR count).